The van der Waals surface area contributed by atoms with Crippen LogP contribution < -0.4 is 0 Å². The quantitative estimate of drug-likeness (QED) is 0.810. The number of carbonyl (C=O) groups is 1. The number of rotatable bonds is 5. The van der Waals surface area contributed by atoms with Gasteiger partial charge in [-0.15, -0.1) is 12.6 Å². The molecule has 1 heterocycles. The van der Waals surface area contributed by atoms with Gasteiger partial charge in [0.15, 0.2) is 0 Å². The van der Waals surface area contributed by atoms with Crippen molar-refractivity contribution in [1.29, 1.82) is 0 Å². The fourth-order valence-electron chi connectivity index (χ4n) is 2.72. The number of amides is 1. The lowest BCUT2D eigenvalue weighted by molar-refractivity contribution is 0.0760. The fraction of sp³-hybridized carbons (Fsp3) is 0.471. The summed E-state index contributed by atoms with van der Waals surface area (Å²) in [5.41, 5.74) is 2.08. The predicted molar refractivity (Wildman–Crippen MR) is 87.2 cm³/mol. The highest BCUT2D eigenvalue weighted by atomic mass is 32.1. The van der Waals surface area contributed by atoms with E-state index >= 15 is 0 Å². The van der Waals surface area contributed by atoms with Gasteiger partial charge in [0, 0.05) is 12.1 Å². The van der Waals surface area contributed by atoms with Gasteiger partial charge in [-0.05, 0) is 48.3 Å². The van der Waals surface area contributed by atoms with E-state index in [0.717, 1.165) is 36.3 Å². The average Bonchev–Trinajstić information content (AvgIpc) is 2.94. The monoisotopic (exact) mass is 289 g/mol. The van der Waals surface area contributed by atoms with E-state index in [0.29, 0.717) is 0 Å². The molecule has 0 radical (unpaired) electrons. The van der Waals surface area contributed by atoms with Gasteiger partial charge in [-0.25, -0.2) is 0 Å². The molecule has 108 valence electrons. The van der Waals surface area contributed by atoms with E-state index < -0.39 is 0 Å². The highest BCUT2D eigenvalue weighted by Crippen LogP contribution is 2.26. The lowest BCUT2D eigenvalue weighted by atomic mass is 10.1. The van der Waals surface area contributed by atoms with Gasteiger partial charge in [0.1, 0.15) is 0 Å². The standard InChI is InChI=1S/C17H23NOS/c1-3-4-6-14-8-10-15(11-9-14)17(19)18-12-5-7-16(18)13(2)20/h8-11,16,20H,2-7,12H2,1H3. The van der Waals surface area contributed by atoms with Crippen molar-refractivity contribution in [2.24, 2.45) is 0 Å². The summed E-state index contributed by atoms with van der Waals surface area (Å²) in [5.74, 6) is 0.102. The summed E-state index contributed by atoms with van der Waals surface area (Å²) in [6.07, 6.45) is 5.49. The molecule has 0 aliphatic carbocycles. The van der Waals surface area contributed by atoms with Gasteiger partial charge in [-0.1, -0.05) is 32.1 Å². The summed E-state index contributed by atoms with van der Waals surface area (Å²) >= 11 is 4.33. The topological polar surface area (TPSA) is 20.3 Å². The van der Waals surface area contributed by atoms with Gasteiger partial charge in [-0.2, -0.15) is 0 Å². The molecule has 1 aromatic rings. The van der Waals surface area contributed by atoms with Crippen LogP contribution in [0.2, 0.25) is 0 Å². The van der Waals surface area contributed by atoms with Crippen LogP contribution in [0.5, 0.6) is 0 Å². The first-order valence-corrected chi connectivity index (χ1v) is 7.86. The van der Waals surface area contributed by atoms with Gasteiger partial charge >= 0.3 is 0 Å². The maximum Gasteiger partial charge on any atom is 0.254 e. The molecule has 0 N–H and O–H groups in total. The van der Waals surface area contributed by atoms with Crippen molar-refractivity contribution in [3.8, 4) is 0 Å². The number of aryl methyl sites for hydroxylation is 1. The number of thiol groups is 1. The SMILES string of the molecule is C=C(S)C1CCCN1C(=O)c1ccc(CCCC)cc1. The first kappa shape index (κ1) is 15.2. The molecule has 20 heavy (non-hydrogen) atoms. The molecule has 0 aromatic heterocycles. The third kappa shape index (κ3) is 3.45. The number of hydrogen-bond acceptors (Lipinski definition) is 2. The maximum atomic E-state index is 12.5. The number of unbranched alkanes of at least 4 members (excludes halogenated alkanes) is 1. The van der Waals surface area contributed by atoms with E-state index in [2.05, 4.69) is 38.3 Å². The van der Waals surface area contributed by atoms with Crippen LogP contribution in [-0.2, 0) is 6.42 Å². The Morgan fingerprint density at radius 1 is 1.40 bits per heavy atom. The number of hydrogen-bond donors (Lipinski definition) is 1. The molecule has 1 aliphatic heterocycles. The lowest BCUT2D eigenvalue weighted by Crippen LogP contribution is -2.35. The largest absolute Gasteiger partial charge is 0.331 e. The van der Waals surface area contributed by atoms with E-state index in [-0.39, 0.29) is 11.9 Å². The molecule has 2 nitrogen and oxygen atoms in total. The van der Waals surface area contributed by atoms with E-state index in [9.17, 15) is 4.79 Å². The van der Waals surface area contributed by atoms with Crippen LogP contribution in [0.4, 0.5) is 0 Å². The second kappa shape index (κ2) is 6.98. The molecule has 1 atom stereocenters. The Bertz CT molecular complexity index is 480. The Kier molecular flexibility index (Phi) is 5.30. The van der Waals surface area contributed by atoms with Crippen molar-refractivity contribution >= 4 is 18.5 Å². The van der Waals surface area contributed by atoms with Gasteiger partial charge in [0.2, 0.25) is 0 Å². The molecule has 0 bridgehead atoms. The average molecular weight is 289 g/mol. The number of benzene rings is 1. The van der Waals surface area contributed by atoms with Crippen molar-refractivity contribution in [3.63, 3.8) is 0 Å². The summed E-state index contributed by atoms with van der Waals surface area (Å²) < 4.78 is 0. The molecule has 1 aromatic carbocycles. The third-order valence-electron chi connectivity index (χ3n) is 3.92. The first-order chi connectivity index (χ1) is 9.63. The third-order valence-corrected chi connectivity index (χ3v) is 4.22. The normalized spacial score (nSPS) is 18.3. The number of nitrogens with zero attached hydrogens (tertiary/aromatic N) is 1. The second-order valence-electron chi connectivity index (χ2n) is 5.45. The molecule has 1 saturated heterocycles. The van der Waals surface area contributed by atoms with Crippen LogP contribution in [0.25, 0.3) is 0 Å². The number of carbonyl (C=O) groups excluding carboxylic acids is 1. The minimum absolute atomic E-state index is 0.0885. The summed E-state index contributed by atoms with van der Waals surface area (Å²) in [5, 5.41) is 0. The highest BCUT2D eigenvalue weighted by molar-refractivity contribution is 7.84. The maximum absolute atomic E-state index is 12.5. The van der Waals surface area contributed by atoms with Crippen molar-refractivity contribution in [2.45, 2.75) is 45.1 Å². The number of likely N-dealkylation sites (tertiary alicyclic amines) is 1. The Labute approximate surface area is 127 Å². The summed E-state index contributed by atoms with van der Waals surface area (Å²) in [6.45, 7) is 6.88. The first-order valence-electron chi connectivity index (χ1n) is 7.41. The molecular formula is C17H23NOS. The van der Waals surface area contributed by atoms with Crippen LogP contribution >= 0.6 is 12.6 Å². The van der Waals surface area contributed by atoms with Crippen LogP contribution in [0.3, 0.4) is 0 Å². The van der Waals surface area contributed by atoms with E-state index in [4.69, 9.17) is 0 Å². The van der Waals surface area contributed by atoms with Gasteiger partial charge in [0.25, 0.3) is 5.91 Å². The Hall–Kier alpha value is -1.22. The molecule has 0 spiro atoms. The summed E-state index contributed by atoms with van der Waals surface area (Å²) in [6, 6.07) is 8.13. The predicted octanol–water partition coefficient (Wildman–Crippen LogP) is 4.08. The zero-order valence-electron chi connectivity index (χ0n) is 12.1. The van der Waals surface area contributed by atoms with E-state index in [1.165, 1.54) is 18.4 Å². The van der Waals surface area contributed by atoms with Gasteiger partial charge < -0.3 is 4.90 Å². The summed E-state index contributed by atoms with van der Waals surface area (Å²) in [4.78, 5) is 15.2. The lowest BCUT2D eigenvalue weighted by Gasteiger charge is -2.24. The molecule has 3 heteroatoms. The smallest absolute Gasteiger partial charge is 0.254 e. The van der Waals surface area contributed by atoms with Crippen molar-refractivity contribution < 1.29 is 4.79 Å². The zero-order valence-corrected chi connectivity index (χ0v) is 13.0. The highest BCUT2D eigenvalue weighted by Gasteiger charge is 2.30. The van der Waals surface area contributed by atoms with Crippen molar-refractivity contribution in [3.05, 3.63) is 46.9 Å². The van der Waals surface area contributed by atoms with E-state index in [1.54, 1.807) is 0 Å². The summed E-state index contributed by atoms with van der Waals surface area (Å²) in [7, 11) is 0. The minimum Gasteiger partial charge on any atom is -0.331 e. The Morgan fingerprint density at radius 2 is 2.10 bits per heavy atom. The van der Waals surface area contributed by atoms with Crippen LogP contribution in [0, 0.1) is 0 Å². The molecule has 1 aliphatic rings. The Balaban J connectivity index is 2.07. The van der Waals surface area contributed by atoms with Crippen LogP contribution in [-0.4, -0.2) is 23.4 Å². The van der Waals surface area contributed by atoms with Crippen molar-refractivity contribution in [1.82, 2.24) is 4.90 Å². The van der Waals surface area contributed by atoms with Crippen LogP contribution in [0.1, 0.15) is 48.5 Å². The Morgan fingerprint density at radius 3 is 2.70 bits per heavy atom. The fourth-order valence-corrected chi connectivity index (χ4v) is 2.99. The zero-order chi connectivity index (χ0) is 14.5. The van der Waals surface area contributed by atoms with Crippen molar-refractivity contribution in [2.75, 3.05) is 6.54 Å². The van der Waals surface area contributed by atoms with Gasteiger partial charge in [-0.3, -0.25) is 4.79 Å². The molecule has 1 unspecified atom stereocenters. The second-order valence-corrected chi connectivity index (χ2v) is 6.02. The molecular weight excluding hydrogens is 266 g/mol. The van der Waals surface area contributed by atoms with Gasteiger partial charge in [0.05, 0.1) is 6.04 Å². The molecule has 1 fully saturated rings. The minimum atomic E-state index is 0.0885. The molecule has 2 rings (SSSR count). The molecule has 1 amide bonds. The van der Waals surface area contributed by atoms with Crippen LogP contribution in [0.15, 0.2) is 35.7 Å². The molecule has 0 saturated carbocycles. The van der Waals surface area contributed by atoms with E-state index in [1.807, 2.05) is 17.0 Å².